The molecular weight excluding hydrogens is 220 g/mol. The van der Waals surface area contributed by atoms with Crippen LogP contribution in [-0.4, -0.2) is 25.8 Å². The third-order valence-electron chi connectivity index (χ3n) is 2.20. The van der Waals surface area contributed by atoms with Gasteiger partial charge >= 0.3 is 6.09 Å². The smallest absolute Gasteiger partial charge is 0.406 e. The van der Waals surface area contributed by atoms with E-state index in [1.54, 1.807) is 0 Å². The molecule has 0 aliphatic heterocycles. The van der Waals surface area contributed by atoms with E-state index in [1.165, 1.54) is 7.11 Å². The summed E-state index contributed by atoms with van der Waals surface area (Å²) in [4.78, 5) is 13.7. The second-order valence-electron chi connectivity index (χ2n) is 3.42. The van der Waals surface area contributed by atoms with E-state index in [4.69, 9.17) is 5.53 Å². The monoisotopic (exact) mass is 234 g/mol. The summed E-state index contributed by atoms with van der Waals surface area (Å²) < 4.78 is 4.44. The van der Waals surface area contributed by atoms with Crippen LogP contribution in [0, 0.1) is 0 Å². The summed E-state index contributed by atoms with van der Waals surface area (Å²) in [6.07, 6.45) is 0.0470. The van der Waals surface area contributed by atoms with Crippen LogP contribution in [0.15, 0.2) is 35.4 Å². The number of benzene rings is 1. The Morgan fingerprint density at radius 1 is 1.53 bits per heavy atom. The van der Waals surface area contributed by atoms with Crippen molar-refractivity contribution in [1.29, 1.82) is 0 Å². The fourth-order valence-corrected chi connectivity index (χ4v) is 1.39. The van der Waals surface area contributed by atoms with Crippen LogP contribution in [-0.2, 0) is 11.2 Å². The maximum absolute atomic E-state index is 10.9. The topological polar surface area (TPSA) is 87.1 Å². The molecule has 1 aromatic carbocycles. The molecule has 0 fully saturated rings. The van der Waals surface area contributed by atoms with Crippen molar-refractivity contribution in [1.82, 2.24) is 5.32 Å². The van der Waals surface area contributed by atoms with Crippen molar-refractivity contribution in [3.05, 3.63) is 46.3 Å². The molecule has 1 amide bonds. The van der Waals surface area contributed by atoms with Gasteiger partial charge in [-0.2, -0.15) is 0 Å². The molecule has 1 atom stereocenters. The zero-order valence-electron chi connectivity index (χ0n) is 9.54. The lowest BCUT2D eigenvalue weighted by Crippen LogP contribution is -2.32. The Balaban J connectivity index is 2.55. The Morgan fingerprint density at radius 3 is 2.82 bits per heavy atom. The van der Waals surface area contributed by atoms with Crippen molar-refractivity contribution in [2.45, 2.75) is 12.5 Å². The van der Waals surface area contributed by atoms with Crippen molar-refractivity contribution in [3.63, 3.8) is 0 Å². The summed E-state index contributed by atoms with van der Waals surface area (Å²) in [7, 11) is 1.29. The number of alkyl carbamates (subject to hydrolysis) is 1. The number of hydrogen-bond donors (Lipinski definition) is 1. The minimum atomic E-state index is -0.531. The van der Waals surface area contributed by atoms with Gasteiger partial charge in [-0.25, -0.2) is 4.79 Å². The van der Waals surface area contributed by atoms with Crippen molar-refractivity contribution in [3.8, 4) is 0 Å². The van der Waals surface area contributed by atoms with Crippen LogP contribution in [0.25, 0.3) is 10.4 Å². The largest absolute Gasteiger partial charge is 0.453 e. The summed E-state index contributed by atoms with van der Waals surface area (Å²) in [5.41, 5.74) is 9.50. The third-order valence-corrected chi connectivity index (χ3v) is 2.20. The van der Waals surface area contributed by atoms with E-state index in [9.17, 15) is 4.79 Å². The number of carbonyl (C=O) groups is 1. The lowest BCUT2D eigenvalue weighted by molar-refractivity contribution is 0.170. The summed E-state index contributed by atoms with van der Waals surface area (Å²) in [5, 5.41) is 6.15. The second-order valence-corrected chi connectivity index (χ2v) is 3.42. The maximum atomic E-state index is 10.9. The standard InChI is InChI=1S/C11H14N4O2/c1-17-11(16)13-8-10(14-15-12)7-9-5-3-2-4-6-9/h2-6,10H,7-8H2,1H3,(H,13,16)/t10-/m1/s1. The SMILES string of the molecule is COC(=O)NC[C@@H](Cc1ccccc1)N=[N+]=[N-]. The van der Waals surface area contributed by atoms with E-state index in [0.717, 1.165) is 5.56 Å². The molecule has 0 unspecified atom stereocenters. The molecule has 0 aromatic heterocycles. The normalized spacial score (nSPS) is 11.1. The summed E-state index contributed by atoms with van der Waals surface area (Å²) in [6, 6.07) is 9.31. The van der Waals surface area contributed by atoms with E-state index in [0.29, 0.717) is 6.42 Å². The third kappa shape index (κ3) is 4.90. The highest BCUT2D eigenvalue weighted by atomic mass is 16.5. The minimum absolute atomic E-state index is 0.256. The molecule has 1 aromatic rings. The van der Waals surface area contributed by atoms with E-state index in [-0.39, 0.29) is 12.6 Å². The van der Waals surface area contributed by atoms with E-state index in [2.05, 4.69) is 20.1 Å². The molecule has 1 N–H and O–H groups in total. The molecule has 0 spiro atoms. The highest BCUT2D eigenvalue weighted by Gasteiger charge is 2.09. The number of rotatable bonds is 5. The molecule has 6 nitrogen and oxygen atoms in total. The Hall–Kier alpha value is -2.20. The molecule has 0 heterocycles. The number of nitrogens with zero attached hydrogens (tertiary/aromatic N) is 3. The van der Waals surface area contributed by atoms with Gasteiger partial charge in [0.2, 0.25) is 0 Å². The predicted molar refractivity (Wildman–Crippen MR) is 63.5 cm³/mol. The molecule has 17 heavy (non-hydrogen) atoms. The van der Waals surface area contributed by atoms with Crippen LogP contribution in [0.2, 0.25) is 0 Å². The van der Waals surface area contributed by atoms with Gasteiger partial charge in [-0.3, -0.25) is 0 Å². The number of nitrogens with one attached hydrogen (secondary N) is 1. The van der Waals surface area contributed by atoms with Crippen LogP contribution in [0.3, 0.4) is 0 Å². The van der Waals surface area contributed by atoms with Crippen molar-refractivity contribution >= 4 is 6.09 Å². The Labute approximate surface area is 99.2 Å². The van der Waals surface area contributed by atoms with Gasteiger partial charge in [-0.05, 0) is 17.5 Å². The van der Waals surface area contributed by atoms with Gasteiger partial charge in [0.15, 0.2) is 0 Å². The minimum Gasteiger partial charge on any atom is -0.453 e. The first-order valence-corrected chi connectivity index (χ1v) is 5.16. The lowest BCUT2D eigenvalue weighted by atomic mass is 10.1. The quantitative estimate of drug-likeness (QED) is 0.481. The maximum Gasteiger partial charge on any atom is 0.406 e. The average molecular weight is 234 g/mol. The molecule has 0 saturated carbocycles. The van der Waals surface area contributed by atoms with Gasteiger partial charge in [0.1, 0.15) is 0 Å². The fraction of sp³-hybridized carbons (Fsp3) is 0.364. The lowest BCUT2D eigenvalue weighted by Gasteiger charge is -2.11. The number of ether oxygens (including phenoxy) is 1. The van der Waals surface area contributed by atoms with Crippen molar-refractivity contribution in [2.75, 3.05) is 13.7 Å². The van der Waals surface area contributed by atoms with Crippen molar-refractivity contribution in [2.24, 2.45) is 5.11 Å². The second kappa shape index (κ2) is 7.14. The first kappa shape index (κ1) is 12.9. The molecule has 6 heteroatoms. The summed E-state index contributed by atoms with van der Waals surface area (Å²) in [5.74, 6) is 0. The van der Waals surface area contributed by atoms with Gasteiger partial charge in [0, 0.05) is 11.5 Å². The van der Waals surface area contributed by atoms with Crippen LogP contribution in [0.5, 0.6) is 0 Å². The molecule has 0 aliphatic rings. The highest BCUT2D eigenvalue weighted by molar-refractivity contribution is 5.66. The van der Waals surface area contributed by atoms with Crippen molar-refractivity contribution < 1.29 is 9.53 Å². The van der Waals surface area contributed by atoms with Gasteiger partial charge in [-0.15, -0.1) is 0 Å². The molecule has 0 bridgehead atoms. The van der Waals surface area contributed by atoms with Gasteiger partial charge in [-0.1, -0.05) is 35.4 Å². The number of hydrogen-bond acceptors (Lipinski definition) is 3. The van der Waals surface area contributed by atoms with Gasteiger partial charge in [0.05, 0.1) is 13.2 Å². The van der Waals surface area contributed by atoms with Gasteiger partial charge < -0.3 is 10.1 Å². The first-order chi connectivity index (χ1) is 8.26. The summed E-state index contributed by atoms with van der Waals surface area (Å²) >= 11 is 0. The molecular formula is C11H14N4O2. The number of amides is 1. The molecule has 90 valence electrons. The zero-order chi connectivity index (χ0) is 12.5. The van der Waals surface area contributed by atoms with E-state index in [1.807, 2.05) is 30.3 Å². The van der Waals surface area contributed by atoms with Crippen LogP contribution < -0.4 is 5.32 Å². The molecule has 0 aliphatic carbocycles. The zero-order valence-corrected chi connectivity index (χ0v) is 9.54. The number of carbonyl (C=O) groups excluding carboxylic acids is 1. The predicted octanol–water partition coefficient (Wildman–Crippen LogP) is 2.26. The van der Waals surface area contributed by atoms with E-state index >= 15 is 0 Å². The highest BCUT2D eigenvalue weighted by Crippen LogP contribution is 2.05. The fourth-order valence-electron chi connectivity index (χ4n) is 1.39. The van der Waals surface area contributed by atoms with E-state index < -0.39 is 6.09 Å². The molecule has 0 radical (unpaired) electrons. The average Bonchev–Trinajstić information content (AvgIpc) is 2.37. The number of methoxy groups -OCH3 is 1. The molecule has 1 rings (SSSR count). The Bertz CT molecular complexity index is 401. The summed E-state index contributed by atoms with van der Waals surface area (Å²) in [6.45, 7) is 0.256. The Kier molecular flexibility index (Phi) is 5.40. The van der Waals surface area contributed by atoms with Crippen LogP contribution in [0.1, 0.15) is 5.56 Å². The Morgan fingerprint density at radius 2 is 2.24 bits per heavy atom. The first-order valence-electron chi connectivity index (χ1n) is 5.16. The number of azide groups is 1. The van der Waals surface area contributed by atoms with Gasteiger partial charge in [0.25, 0.3) is 0 Å². The van der Waals surface area contributed by atoms with Crippen LogP contribution in [0.4, 0.5) is 4.79 Å². The van der Waals surface area contributed by atoms with Crippen LogP contribution >= 0.6 is 0 Å². The molecule has 0 saturated heterocycles.